The lowest BCUT2D eigenvalue weighted by molar-refractivity contribution is -0.130. The molecule has 3 rings (SSSR count). The topological polar surface area (TPSA) is 74.3 Å². The number of hydrogen-bond acceptors (Lipinski definition) is 6. The minimum absolute atomic E-state index is 0.148. The van der Waals surface area contributed by atoms with Crippen molar-refractivity contribution < 1.29 is 9.53 Å². The highest BCUT2D eigenvalue weighted by atomic mass is 32.2. The number of methoxy groups -OCH3 is 1. The van der Waals surface area contributed by atoms with Crippen LogP contribution in [0.5, 0.6) is 5.75 Å². The summed E-state index contributed by atoms with van der Waals surface area (Å²) < 4.78 is 5.35. The summed E-state index contributed by atoms with van der Waals surface area (Å²) in [5.74, 6) is 1.89. The van der Waals surface area contributed by atoms with Gasteiger partial charge in [-0.2, -0.15) is 0 Å². The molecule has 0 saturated carbocycles. The third-order valence-corrected chi connectivity index (χ3v) is 5.25. The van der Waals surface area contributed by atoms with Gasteiger partial charge in [-0.15, -0.1) is 5.10 Å². The zero-order valence-electron chi connectivity index (χ0n) is 15.3. The van der Waals surface area contributed by atoms with Gasteiger partial charge in [-0.3, -0.25) is 14.8 Å². The molecular weight excluding hydrogens is 350 g/mol. The number of carbonyl (C=O) groups is 1. The molecule has 0 aliphatic carbocycles. The molecule has 1 N–H and O–H groups in total. The molecule has 2 heterocycles. The van der Waals surface area contributed by atoms with Crippen LogP contribution in [0.25, 0.3) is 11.4 Å². The van der Waals surface area contributed by atoms with Crippen molar-refractivity contribution >= 4 is 17.7 Å². The summed E-state index contributed by atoms with van der Waals surface area (Å²) >= 11 is 1.36. The monoisotopic (exact) mass is 375 g/mol. The van der Waals surface area contributed by atoms with E-state index >= 15 is 0 Å². The molecule has 0 spiro atoms. The van der Waals surface area contributed by atoms with Crippen molar-refractivity contribution in [3.8, 4) is 17.1 Å². The van der Waals surface area contributed by atoms with Crippen molar-refractivity contribution in [2.24, 2.45) is 0 Å². The van der Waals surface area contributed by atoms with E-state index in [0.717, 1.165) is 50.5 Å². The summed E-state index contributed by atoms with van der Waals surface area (Å²) in [6, 6.07) is 7.64. The molecule has 2 aromatic rings. The number of benzene rings is 1. The molecule has 1 aliphatic rings. The van der Waals surface area contributed by atoms with E-state index in [1.54, 1.807) is 7.11 Å². The number of carbonyl (C=O) groups excluding carboxylic acids is 1. The highest BCUT2D eigenvalue weighted by Crippen LogP contribution is 2.28. The highest BCUT2D eigenvalue weighted by Gasteiger charge is 2.21. The SMILES string of the molecule is CCCN1CCN(C(=O)CSc2n[nH]c(-c3ccccc3OC)n2)CC1. The van der Waals surface area contributed by atoms with E-state index in [-0.39, 0.29) is 5.91 Å². The Kier molecular flexibility index (Phi) is 6.51. The van der Waals surface area contributed by atoms with Crippen LogP contribution in [0.1, 0.15) is 13.3 Å². The number of nitrogens with one attached hydrogen (secondary N) is 1. The summed E-state index contributed by atoms with van der Waals surface area (Å²) in [6.45, 7) is 6.83. The number of ether oxygens (including phenoxy) is 1. The molecule has 1 aromatic carbocycles. The molecule has 1 aliphatic heterocycles. The second-order valence-corrected chi connectivity index (χ2v) is 7.12. The molecule has 1 saturated heterocycles. The number of aromatic amines is 1. The van der Waals surface area contributed by atoms with Gasteiger partial charge in [0.15, 0.2) is 5.82 Å². The number of aromatic nitrogens is 3. The van der Waals surface area contributed by atoms with Crippen molar-refractivity contribution in [3.63, 3.8) is 0 Å². The Labute approximate surface area is 158 Å². The number of hydrogen-bond donors (Lipinski definition) is 1. The Balaban J connectivity index is 1.53. The minimum Gasteiger partial charge on any atom is -0.496 e. The average Bonchev–Trinajstić information content (AvgIpc) is 3.16. The second-order valence-electron chi connectivity index (χ2n) is 6.18. The van der Waals surface area contributed by atoms with Gasteiger partial charge in [0.05, 0.1) is 18.4 Å². The van der Waals surface area contributed by atoms with Gasteiger partial charge in [0.1, 0.15) is 5.75 Å². The zero-order chi connectivity index (χ0) is 18.4. The number of piperazine rings is 1. The summed E-state index contributed by atoms with van der Waals surface area (Å²) in [5.41, 5.74) is 0.854. The number of amides is 1. The number of rotatable bonds is 7. The van der Waals surface area contributed by atoms with Gasteiger partial charge in [0.25, 0.3) is 0 Å². The fourth-order valence-corrected chi connectivity index (χ4v) is 3.73. The van der Waals surface area contributed by atoms with Gasteiger partial charge < -0.3 is 9.64 Å². The molecule has 1 fully saturated rings. The van der Waals surface area contributed by atoms with E-state index < -0.39 is 0 Å². The summed E-state index contributed by atoms with van der Waals surface area (Å²) in [6.07, 6.45) is 1.16. The van der Waals surface area contributed by atoms with Gasteiger partial charge >= 0.3 is 0 Å². The van der Waals surface area contributed by atoms with Crippen LogP contribution in [0.3, 0.4) is 0 Å². The molecular formula is C18H25N5O2S. The quantitative estimate of drug-likeness (QED) is 0.748. The summed E-state index contributed by atoms with van der Waals surface area (Å²) in [5, 5.41) is 7.71. The molecule has 0 radical (unpaired) electrons. The van der Waals surface area contributed by atoms with Crippen LogP contribution in [0, 0.1) is 0 Å². The molecule has 0 atom stereocenters. The van der Waals surface area contributed by atoms with Gasteiger partial charge in [-0.05, 0) is 25.1 Å². The van der Waals surface area contributed by atoms with E-state index in [2.05, 4.69) is 27.0 Å². The van der Waals surface area contributed by atoms with E-state index in [1.165, 1.54) is 11.8 Å². The van der Waals surface area contributed by atoms with Crippen molar-refractivity contribution in [2.75, 3.05) is 45.6 Å². The predicted octanol–water partition coefficient (Wildman–Crippen LogP) is 2.13. The Hall–Kier alpha value is -2.06. The van der Waals surface area contributed by atoms with Gasteiger partial charge in [0, 0.05) is 26.2 Å². The van der Waals surface area contributed by atoms with E-state index in [4.69, 9.17) is 4.74 Å². The Morgan fingerprint density at radius 1 is 1.27 bits per heavy atom. The number of H-pyrrole nitrogens is 1. The lowest BCUT2D eigenvalue weighted by Crippen LogP contribution is -2.49. The van der Waals surface area contributed by atoms with Crippen LogP contribution >= 0.6 is 11.8 Å². The zero-order valence-corrected chi connectivity index (χ0v) is 16.1. The molecule has 1 amide bonds. The fourth-order valence-electron chi connectivity index (χ4n) is 3.03. The second kappa shape index (κ2) is 9.05. The lowest BCUT2D eigenvalue weighted by atomic mass is 10.2. The van der Waals surface area contributed by atoms with Crippen molar-refractivity contribution in [1.29, 1.82) is 0 Å². The first-order chi connectivity index (χ1) is 12.7. The largest absolute Gasteiger partial charge is 0.496 e. The van der Waals surface area contributed by atoms with E-state index in [1.807, 2.05) is 29.2 Å². The molecule has 0 bridgehead atoms. The van der Waals surface area contributed by atoms with Crippen molar-refractivity contribution in [1.82, 2.24) is 25.0 Å². The molecule has 1 aromatic heterocycles. The summed E-state index contributed by atoms with van der Waals surface area (Å²) in [4.78, 5) is 21.2. The third kappa shape index (κ3) is 4.56. The first-order valence-corrected chi connectivity index (χ1v) is 9.88. The van der Waals surface area contributed by atoms with Crippen LogP contribution < -0.4 is 4.74 Å². The third-order valence-electron chi connectivity index (χ3n) is 4.42. The van der Waals surface area contributed by atoms with Crippen LogP contribution in [-0.4, -0.2) is 76.5 Å². The smallest absolute Gasteiger partial charge is 0.233 e. The maximum absolute atomic E-state index is 12.4. The number of nitrogens with zero attached hydrogens (tertiary/aromatic N) is 4. The maximum atomic E-state index is 12.4. The van der Waals surface area contributed by atoms with Gasteiger partial charge in [-0.1, -0.05) is 30.8 Å². The maximum Gasteiger partial charge on any atom is 0.233 e. The van der Waals surface area contributed by atoms with Gasteiger partial charge in [-0.25, -0.2) is 4.98 Å². The molecule has 7 nitrogen and oxygen atoms in total. The fraction of sp³-hybridized carbons (Fsp3) is 0.500. The van der Waals surface area contributed by atoms with Crippen LogP contribution in [-0.2, 0) is 4.79 Å². The lowest BCUT2D eigenvalue weighted by Gasteiger charge is -2.34. The predicted molar refractivity (Wildman–Crippen MR) is 102 cm³/mol. The molecule has 26 heavy (non-hydrogen) atoms. The van der Waals surface area contributed by atoms with Gasteiger partial charge in [0.2, 0.25) is 11.1 Å². The Bertz CT molecular complexity index is 728. The standard InChI is InChI=1S/C18H25N5O2S/c1-3-8-22-9-11-23(12-10-22)16(24)13-26-18-19-17(20-21-18)14-6-4-5-7-15(14)25-2/h4-7H,3,8-13H2,1-2H3,(H,19,20,21). The molecule has 140 valence electrons. The Morgan fingerprint density at radius 2 is 2.04 bits per heavy atom. The number of para-hydroxylation sites is 1. The molecule has 8 heteroatoms. The highest BCUT2D eigenvalue weighted by molar-refractivity contribution is 7.99. The van der Waals surface area contributed by atoms with E-state index in [0.29, 0.717) is 16.7 Å². The normalized spacial score (nSPS) is 15.2. The average molecular weight is 375 g/mol. The van der Waals surface area contributed by atoms with Crippen LogP contribution in [0.2, 0.25) is 0 Å². The number of thioether (sulfide) groups is 1. The first-order valence-electron chi connectivity index (χ1n) is 8.90. The van der Waals surface area contributed by atoms with E-state index in [9.17, 15) is 4.79 Å². The Morgan fingerprint density at radius 3 is 2.77 bits per heavy atom. The van der Waals surface area contributed by atoms with Crippen molar-refractivity contribution in [3.05, 3.63) is 24.3 Å². The van der Waals surface area contributed by atoms with Crippen LogP contribution in [0.15, 0.2) is 29.4 Å². The summed E-state index contributed by atoms with van der Waals surface area (Å²) in [7, 11) is 1.63. The first kappa shape index (κ1) is 18.7. The van der Waals surface area contributed by atoms with Crippen LogP contribution in [0.4, 0.5) is 0 Å². The minimum atomic E-state index is 0.148. The molecule has 0 unspecified atom stereocenters. The van der Waals surface area contributed by atoms with Crippen molar-refractivity contribution in [2.45, 2.75) is 18.5 Å².